The molecule has 0 atom stereocenters. The summed E-state index contributed by atoms with van der Waals surface area (Å²) in [4.78, 5) is 0. The zero-order valence-electron chi connectivity index (χ0n) is 9.98. The molecular formula is C13H17N3O. The van der Waals surface area contributed by atoms with Crippen molar-refractivity contribution in [2.24, 2.45) is 0 Å². The van der Waals surface area contributed by atoms with Crippen LogP contribution in [0.5, 0.6) is 0 Å². The van der Waals surface area contributed by atoms with Gasteiger partial charge in [0.1, 0.15) is 11.8 Å². The average molecular weight is 231 g/mol. The predicted molar refractivity (Wildman–Crippen MR) is 62.4 cm³/mol. The Morgan fingerprint density at radius 2 is 2.12 bits per heavy atom. The molecule has 0 amide bonds. The molecule has 2 heterocycles. The summed E-state index contributed by atoms with van der Waals surface area (Å²) in [7, 11) is 0. The van der Waals surface area contributed by atoms with E-state index < -0.39 is 0 Å². The molecule has 1 aromatic rings. The topological polar surface area (TPSA) is 50.8 Å². The standard InChI is InChI=1S/C13H17N3O/c14-8-13-11-9-17-7-6-12(11)15-16(13)10-4-2-1-3-5-10/h10H,1-7,9H2. The van der Waals surface area contributed by atoms with Crippen molar-refractivity contribution in [1.29, 1.82) is 5.26 Å². The summed E-state index contributed by atoms with van der Waals surface area (Å²) in [5.41, 5.74) is 2.86. The predicted octanol–water partition coefficient (Wildman–Crippen LogP) is 2.33. The van der Waals surface area contributed by atoms with E-state index >= 15 is 0 Å². The van der Waals surface area contributed by atoms with Crippen molar-refractivity contribution in [2.45, 2.75) is 51.2 Å². The lowest BCUT2D eigenvalue weighted by Crippen LogP contribution is -2.16. The van der Waals surface area contributed by atoms with Crippen LogP contribution in [0.2, 0.25) is 0 Å². The van der Waals surface area contributed by atoms with E-state index in [1.807, 2.05) is 4.68 Å². The molecule has 4 nitrogen and oxygen atoms in total. The minimum Gasteiger partial charge on any atom is -0.376 e. The lowest BCUT2D eigenvalue weighted by atomic mass is 9.95. The Labute approximate surface area is 101 Å². The number of aromatic nitrogens is 2. The first-order valence-corrected chi connectivity index (χ1v) is 6.48. The molecule has 3 rings (SSSR count). The summed E-state index contributed by atoms with van der Waals surface area (Å²) in [5.74, 6) is 0. The second kappa shape index (κ2) is 4.50. The first-order chi connectivity index (χ1) is 8.40. The van der Waals surface area contributed by atoms with E-state index in [4.69, 9.17) is 4.74 Å². The summed E-state index contributed by atoms with van der Waals surface area (Å²) in [5, 5.41) is 14.0. The van der Waals surface area contributed by atoms with Crippen LogP contribution in [-0.2, 0) is 17.8 Å². The van der Waals surface area contributed by atoms with Gasteiger partial charge in [0, 0.05) is 12.0 Å². The van der Waals surface area contributed by atoms with Gasteiger partial charge in [0.2, 0.25) is 0 Å². The molecule has 0 radical (unpaired) electrons. The van der Waals surface area contributed by atoms with Gasteiger partial charge in [-0.1, -0.05) is 19.3 Å². The van der Waals surface area contributed by atoms with Gasteiger partial charge in [-0.2, -0.15) is 10.4 Å². The van der Waals surface area contributed by atoms with E-state index in [1.165, 1.54) is 19.3 Å². The first-order valence-electron chi connectivity index (χ1n) is 6.48. The molecule has 0 saturated heterocycles. The Morgan fingerprint density at radius 3 is 2.88 bits per heavy atom. The Bertz CT molecular complexity index is 452. The zero-order valence-corrected chi connectivity index (χ0v) is 9.98. The van der Waals surface area contributed by atoms with Gasteiger partial charge in [0.05, 0.1) is 24.9 Å². The summed E-state index contributed by atoms with van der Waals surface area (Å²) in [6, 6.07) is 2.76. The fourth-order valence-corrected chi connectivity index (χ4v) is 2.92. The summed E-state index contributed by atoms with van der Waals surface area (Å²) in [6.45, 7) is 1.30. The Morgan fingerprint density at radius 1 is 1.29 bits per heavy atom. The molecule has 1 aliphatic carbocycles. The third-order valence-corrected chi connectivity index (χ3v) is 3.85. The van der Waals surface area contributed by atoms with E-state index in [2.05, 4.69) is 11.2 Å². The fraction of sp³-hybridized carbons (Fsp3) is 0.692. The Hall–Kier alpha value is -1.34. The lowest BCUT2D eigenvalue weighted by Gasteiger charge is -2.22. The molecule has 17 heavy (non-hydrogen) atoms. The van der Waals surface area contributed by atoms with Crippen molar-refractivity contribution in [2.75, 3.05) is 6.61 Å². The number of nitrogens with zero attached hydrogens (tertiary/aromatic N) is 3. The highest BCUT2D eigenvalue weighted by atomic mass is 16.5. The van der Waals surface area contributed by atoms with Crippen molar-refractivity contribution >= 4 is 0 Å². The van der Waals surface area contributed by atoms with Gasteiger partial charge >= 0.3 is 0 Å². The third kappa shape index (κ3) is 1.85. The molecule has 90 valence electrons. The summed E-state index contributed by atoms with van der Waals surface area (Å²) >= 11 is 0. The second-order valence-electron chi connectivity index (χ2n) is 4.92. The molecule has 4 heteroatoms. The molecule has 0 bridgehead atoms. The smallest absolute Gasteiger partial charge is 0.144 e. The van der Waals surface area contributed by atoms with Crippen LogP contribution < -0.4 is 0 Å². The molecule has 1 aromatic heterocycles. The van der Waals surface area contributed by atoms with Gasteiger partial charge in [-0.3, -0.25) is 4.68 Å². The highest BCUT2D eigenvalue weighted by molar-refractivity contribution is 5.36. The van der Waals surface area contributed by atoms with E-state index in [0.29, 0.717) is 12.6 Å². The number of hydrogen-bond donors (Lipinski definition) is 0. The normalized spacial score (nSPS) is 20.9. The van der Waals surface area contributed by atoms with E-state index in [9.17, 15) is 5.26 Å². The van der Waals surface area contributed by atoms with E-state index in [0.717, 1.165) is 42.8 Å². The lowest BCUT2D eigenvalue weighted by molar-refractivity contribution is 0.110. The molecule has 1 fully saturated rings. The van der Waals surface area contributed by atoms with Gasteiger partial charge < -0.3 is 4.74 Å². The summed E-state index contributed by atoms with van der Waals surface area (Å²) < 4.78 is 7.42. The first kappa shape index (κ1) is 10.8. The van der Waals surface area contributed by atoms with Gasteiger partial charge in [-0.15, -0.1) is 0 Å². The van der Waals surface area contributed by atoms with Gasteiger partial charge in [-0.25, -0.2) is 0 Å². The molecular weight excluding hydrogens is 214 g/mol. The van der Waals surface area contributed by atoms with Gasteiger partial charge in [-0.05, 0) is 12.8 Å². The zero-order chi connectivity index (χ0) is 11.7. The number of nitriles is 1. The quantitative estimate of drug-likeness (QED) is 0.745. The molecule has 0 aromatic carbocycles. The minimum atomic E-state index is 0.434. The maximum Gasteiger partial charge on any atom is 0.144 e. The van der Waals surface area contributed by atoms with Crippen molar-refractivity contribution in [3.05, 3.63) is 17.0 Å². The van der Waals surface area contributed by atoms with E-state index in [1.54, 1.807) is 0 Å². The SMILES string of the molecule is N#Cc1c2c(nn1C1CCCCC1)CCOC2. The van der Waals surface area contributed by atoms with Crippen LogP contribution >= 0.6 is 0 Å². The van der Waals surface area contributed by atoms with Crippen LogP contribution in [0.15, 0.2) is 0 Å². The van der Waals surface area contributed by atoms with Crippen LogP contribution in [0.3, 0.4) is 0 Å². The number of rotatable bonds is 1. The molecule has 2 aliphatic rings. The Kier molecular flexibility index (Phi) is 2.86. The van der Waals surface area contributed by atoms with Gasteiger partial charge in [0.15, 0.2) is 0 Å². The average Bonchev–Trinajstić information content (AvgIpc) is 2.78. The van der Waals surface area contributed by atoms with Crippen LogP contribution in [0.25, 0.3) is 0 Å². The Balaban J connectivity index is 1.98. The van der Waals surface area contributed by atoms with Crippen molar-refractivity contribution in [3.63, 3.8) is 0 Å². The second-order valence-corrected chi connectivity index (χ2v) is 4.92. The van der Waals surface area contributed by atoms with Crippen LogP contribution in [-0.4, -0.2) is 16.4 Å². The molecule has 0 unspecified atom stereocenters. The number of ether oxygens (including phenoxy) is 1. The van der Waals surface area contributed by atoms with Crippen molar-refractivity contribution < 1.29 is 4.74 Å². The minimum absolute atomic E-state index is 0.434. The van der Waals surface area contributed by atoms with Crippen molar-refractivity contribution in [3.8, 4) is 6.07 Å². The monoisotopic (exact) mass is 231 g/mol. The molecule has 1 aliphatic heterocycles. The maximum atomic E-state index is 9.33. The van der Waals surface area contributed by atoms with Crippen LogP contribution in [0, 0.1) is 11.3 Å². The highest BCUT2D eigenvalue weighted by Crippen LogP contribution is 2.31. The van der Waals surface area contributed by atoms with Crippen LogP contribution in [0.4, 0.5) is 0 Å². The fourth-order valence-electron chi connectivity index (χ4n) is 2.92. The van der Waals surface area contributed by atoms with Gasteiger partial charge in [0.25, 0.3) is 0 Å². The number of hydrogen-bond acceptors (Lipinski definition) is 3. The molecule has 0 spiro atoms. The highest BCUT2D eigenvalue weighted by Gasteiger charge is 2.25. The summed E-state index contributed by atoms with van der Waals surface area (Å²) in [6.07, 6.45) is 7.02. The van der Waals surface area contributed by atoms with Crippen LogP contribution in [0.1, 0.15) is 55.1 Å². The largest absolute Gasteiger partial charge is 0.376 e. The number of fused-ring (bicyclic) bond motifs is 1. The molecule has 1 saturated carbocycles. The van der Waals surface area contributed by atoms with E-state index in [-0.39, 0.29) is 0 Å². The maximum absolute atomic E-state index is 9.33. The van der Waals surface area contributed by atoms with Crippen molar-refractivity contribution in [1.82, 2.24) is 9.78 Å². The third-order valence-electron chi connectivity index (χ3n) is 3.85. The molecule has 0 N–H and O–H groups in total.